The Kier molecular flexibility index (Phi) is 6.21. The van der Waals surface area contributed by atoms with E-state index in [1.807, 2.05) is 25.1 Å². The first-order valence-corrected chi connectivity index (χ1v) is 9.56. The van der Waals surface area contributed by atoms with Crippen molar-refractivity contribution < 1.29 is 17.9 Å². The number of aromatic nitrogens is 2. The van der Waals surface area contributed by atoms with E-state index in [1.165, 1.54) is 6.07 Å². The van der Waals surface area contributed by atoms with Crippen LogP contribution in [-0.2, 0) is 6.18 Å². The third-order valence-electron chi connectivity index (χ3n) is 3.98. The molecule has 0 fully saturated rings. The smallest absolute Gasteiger partial charge is 0.416 e. The van der Waals surface area contributed by atoms with Crippen molar-refractivity contribution >= 4 is 22.7 Å². The minimum atomic E-state index is -4.36. The van der Waals surface area contributed by atoms with E-state index in [1.54, 1.807) is 24.2 Å². The maximum Gasteiger partial charge on any atom is 0.416 e. The van der Waals surface area contributed by atoms with Crippen molar-refractivity contribution in [2.75, 3.05) is 12.4 Å². The van der Waals surface area contributed by atoms with Crippen LogP contribution in [0.5, 0.6) is 5.75 Å². The molecule has 0 radical (unpaired) electrons. The van der Waals surface area contributed by atoms with Crippen LogP contribution in [0, 0.1) is 6.92 Å². The molecular formula is C20H19F3N2OS. The highest BCUT2D eigenvalue weighted by Gasteiger charge is 2.30. The molecule has 0 aliphatic heterocycles. The van der Waals surface area contributed by atoms with Gasteiger partial charge in [-0.05, 0) is 55.9 Å². The molecule has 0 aliphatic rings. The van der Waals surface area contributed by atoms with Crippen molar-refractivity contribution in [3.05, 3.63) is 60.0 Å². The average Bonchev–Trinajstić information content (AvgIpc) is 2.65. The fourth-order valence-corrected chi connectivity index (χ4v) is 3.59. The maximum absolute atomic E-state index is 12.8. The van der Waals surface area contributed by atoms with Crippen LogP contribution in [0.3, 0.4) is 0 Å². The largest absolute Gasteiger partial charge is 0.492 e. The van der Waals surface area contributed by atoms with E-state index in [4.69, 9.17) is 4.74 Å². The van der Waals surface area contributed by atoms with Gasteiger partial charge < -0.3 is 4.74 Å². The molecule has 0 aliphatic carbocycles. The van der Waals surface area contributed by atoms with Gasteiger partial charge in [0.1, 0.15) is 5.75 Å². The standard InChI is InChI=1S/C20H19F3N2OS/c1-14-4-6-16(13-25-14)26-10-2-3-11-27-19-8-9-24-18-12-15(20(21,22)23)5-7-17(18)19/h4-9,12-13H,2-3,10-11H2,1H3. The van der Waals surface area contributed by atoms with E-state index in [0.29, 0.717) is 12.1 Å². The first-order valence-electron chi connectivity index (χ1n) is 8.58. The van der Waals surface area contributed by atoms with E-state index in [2.05, 4.69) is 9.97 Å². The van der Waals surface area contributed by atoms with Crippen LogP contribution in [0.4, 0.5) is 13.2 Å². The molecule has 2 aromatic heterocycles. The summed E-state index contributed by atoms with van der Waals surface area (Å²) < 4.78 is 44.1. The molecule has 0 spiro atoms. The lowest BCUT2D eigenvalue weighted by Crippen LogP contribution is -2.04. The molecule has 3 nitrogen and oxygen atoms in total. The van der Waals surface area contributed by atoms with Crippen molar-refractivity contribution in [3.8, 4) is 5.75 Å². The monoisotopic (exact) mass is 392 g/mol. The van der Waals surface area contributed by atoms with Crippen LogP contribution in [0.1, 0.15) is 24.1 Å². The minimum Gasteiger partial charge on any atom is -0.492 e. The van der Waals surface area contributed by atoms with Gasteiger partial charge in [-0.1, -0.05) is 6.07 Å². The average molecular weight is 392 g/mol. The number of thioether (sulfide) groups is 1. The Hall–Kier alpha value is -2.28. The Morgan fingerprint density at radius 3 is 2.63 bits per heavy atom. The maximum atomic E-state index is 12.8. The summed E-state index contributed by atoms with van der Waals surface area (Å²) in [6.07, 6.45) is 0.739. The third-order valence-corrected chi connectivity index (χ3v) is 5.14. The van der Waals surface area contributed by atoms with Crippen LogP contribution >= 0.6 is 11.8 Å². The molecule has 0 unspecified atom stereocenters. The molecule has 142 valence electrons. The van der Waals surface area contributed by atoms with Gasteiger partial charge in [0.15, 0.2) is 0 Å². The van der Waals surface area contributed by atoms with E-state index in [9.17, 15) is 13.2 Å². The Morgan fingerprint density at radius 2 is 1.89 bits per heavy atom. The number of unbranched alkanes of at least 4 members (excludes halogenated alkanes) is 1. The molecule has 7 heteroatoms. The number of nitrogens with zero attached hydrogens (tertiary/aromatic N) is 2. The molecule has 0 N–H and O–H groups in total. The minimum absolute atomic E-state index is 0.366. The number of hydrogen-bond donors (Lipinski definition) is 0. The highest BCUT2D eigenvalue weighted by Crippen LogP contribution is 2.33. The van der Waals surface area contributed by atoms with Crippen LogP contribution in [0.2, 0.25) is 0 Å². The number of halogens is 3. The van der Waals surface area contributed by atoms with Crippen LogP contribution in [-0.4, -0.2) is 22.3 Å². The SMILES string of the molecule is Cc1ccc(OCCCCSc2ccnc3cc(C(F)(F)F)ccc23)cn1. The molecule has 0 amide bonds. The first kappa shape index (κ1) is 19.5. The lowest BCUT2D eigenvalue weighted by Gasteiger charge is -2.10. The molecule has 0 saturated carbocycles. The molecule has 0 atom stereocenters. The second-order valence-corrected chi connectivity index (χ2v) is 7.21. The molecular weight excluding hydrogens is 373 g/mol. The zero-order valence-electron chi connectivity index (χ0n) is 14.8. The number of fused-ring (bicyclic) bond motifs is 1. The molecule has 27 heavy (non-hydrogen) atoms. The molecule has 1 aromatic carbocycles. The van der Waals surface area contributed by atoms with Crippen LogP contribution in [0.25, 0.3) is 10.9 Å². The van der Waals surface area contributed by atoms with Crippen molar-refractivity contribution in [1.82, 2.24) is 9.97 Å². The van der Waals surface area contributed by atoms with Crippen molar-refractivity contribution in [1.29, 1.82) is 0 Å². The number of benzene rings is 1. The van der Waals surface area contributed by atoms with E-state index in [-0.39, 0.29) is 0 Å². The lowest BCUT2D eigenvalue weighted by molar-refractivity contribution is -0.137. The molecule has 3 rings (SSSR count). The summed E-state index contributed by atoms with van der Waals surface area (Å²) in [6.45, 7) is 2.53. The number of ether oxygens (including phenoxy) is 1. The summed E-state index contributed by atoms with van der Waals surface area (Å²) in [6, 6.07) is 9.36. The summed E-state index contributed by atoms with van der Waals surface area (Å²) in [5.41, 5.74) is 0.642. The van der Waals surface area contributed by atoms with Crippen molar-refractivity contribution in [3.63, 3.8) is 0 Å². The number of aryl methyl sites for hydroxylation is 1. The summed E-state index contributed by atoms with van der Waals surface area (Å²) in [5.74, 6) is 1.61. The third kappa shape index (κ3) is 5.35. The second kappa shape index (κ2) is 8.61. The highest BCUT2D eigenvalue weighted by molar-refractivity contribution is 7.99. The highest BCUT2D eigenvalue weighted by atomic mass is 32.2. The Labute approximate surface area is 160 Å². The second-order valence-electron chi connectivity index (χ2n) is 6.08. The number of rotatable bonds is 7. The summed E-state index contributed by atoms with van der Waals surface area (Å²) in [5, 5.41) is 0.748. The first-order chi connectivity index (χ1) is 12.9. The predicted molar refractivity (Wildman–Crippen MR) is 101 cm³/mol. The number of hydrogen-bond acceptors (Lipinski definition) is 4. The van der Waals surface area contributed by atoms with Gasteiger partial charge in [-0.2, -0.15) is 13.2 Å². The predicted octanol–water partition coefficient (Wildman–Crippen LogP) is 5.91. The van der Waals surface area contributed by atoms with Gasteiger partial charge in [0, 0.05) is 22.2 Å². The summed E-state index contributed by atoms with van der Waals surface area (Å²) >= 11 is 1.62. The van der Waals surface area contributed by atoms with E-state index >= 15 is 0 Å². The van der Waals surface area contributed by atoms with Gasteiger partial charge in [-0.25, -0.2) is 0 Å². The fourth-order valence-electron chi connectivity index (χ4n) is 2.54. The van der Waals surface area contributed by atoms with Crippen molar-refractivity contribution in [2.45, 2.75) is 30.8 Å². The molecule has 2 heterocycles. The topological polar surface area (TPSA) is 35.0 Å². The van der Waals surface area contributed by atoms with Gasteiger partial charge >= 0.3 is 6.18 Å². The zero-order valence-corrected chi connectivity index (χ0v) is 15.6. The van der Waals surface area contributed by atoms with Crippen LogP contribution in [0.15, 0.2) is 53.7 Å². The van der Waals surface area contributed by atoms with Gasteiger partial charge in [0.25, 0.3) is 0 Å². The molecule has 3 aromatic rings. The zero-order chi connectivity index (χ0) is 19.3. The van der Waals surface area contributed by atoms with Crippen LogP contribution < -0.4 is 4.74 Å². The van der Waals surface area contributed by atoms with Crippen molar-refractivity contribution in [2.24, 2.45) is 0 Å². The lowest BCUT2D eigenvalue weighted by atomic mass is 10.1. The van der Waals surface area contributed by atoms with E-state index in [0.717, 1.165) is 52.5 Å². The molecule has 0 bridgehead atoms. The summed E-state index contributed by atoms with van der Waals surface area (Å²) in [7, 11) is 0. The summed E-state index contributed by atoms with van der Waals surface area (Å²) in [4.78, 5) is 9.19. The molecule has 0 saturated heterocycles. The van der Waals surface area contributed by atoms with Gasteiger partial charge in [-0.15, -0.1) is 11.8 Å². The Morgan fingerprint density at radius 1 is 1.04 bits per heavy atom. The van der Waals surface area contributed by atoms with E-state index < -0.39 is 11.7 Å². The Balaban J connectivity index is 1.50. The quantitative estimate of drug-likeness (QED) is 0.370. The Bertz CT molecular complexity index is 898. The number of alkyl halides is 3. The van der Waals surface area contributed by atoms with Gasteiger partial charge in [0.2, 0.25) is 0 Å². The van der Waals surface area contributed by atoms with Gasteiger partial charge in [-0.3, -0.25) is 9.97 Å². The van der Waals surface area contributed by atoms with Gasteiger partial charge in [0.05, 0.1) is 23.9 Å². The fraction of sp³-hybridized carbons (Fsp3) is 0.300. The normalized spacial score (nSPS) is 11.7. The number of pyridine rings is 2.